The molecule has 1 aromatic carbocycles. The number of hydrogen-bond donors (Lipinski definition) is 1. The van der Waals surface area contributed by atoms with Gasteiger partial charge in [-0.3, -0.25) is 9.20 Å². The van der Waals surface area contributed by atoms with Crippen LogP contribution < -0.4 is 15.8 Å². The van der Waals surface area contributed by atoms with Crippen molar-refractivity contribution in [2.45, 2.75) is 39.0 Å². The molecule has 0 spiro atoms. The lowest BCUT2D eigenvalue weighted by molar-refractivity contribution is 0.588. The number of benzene rings is 1. The minimum Gasteiger partial charge on any atom is -0.368 e. The molecule has 0 radical (unpaired) electrons. The van der Waals surface area contributed by atoms with Gasteiger partial charge in [0.2, 0.25) is 0 Å². The minimum absolute atomic E-state index is 0.0512. The zero-order valence-corrected chi connectivity index (χ0v) is 19.6. The first kappa shape index (κ1) is 21.7. The van der Waals surface area contributed by atoms with Crippen molar-refractivity contribution in [1.82, 2.24) is 14.7 Å². The predicted molar refractivity (Wildman–Crippen MR) is 131 cm³/mol. The molecule has 162 valence electrons. The van der Waals surface area contributed by atoms with Crippen LogP contribution in [0.4, 0.5) is 5.69 Å². The fourth-order valence-electron chi connectivity index (χ4n) is 3.72. The number of allylic oxidation sites excluding steroid dienone is 2. The molecule has 0 aliphatic carbocycles. The number of fused-ring (bicyclic) bond motifs is 1. The summed E-state index contributed by atoms with van der Waals surface area (Å²) in [5.41, 5.74) is 6.01. The molecule has 1 fully saturated rings. The zero-order valence-electron chi connectivity index (χ0n) is 18.7. The van der Waals surface area contributed by atoms with E-state index in [4.69, 9.17) is 4.98 Å². The molecular weight excluding hydrogens is 404 g/mol. The van der Waals surface area contributed by atoms with Gasteiger partial charge in [0.15, 0.2) is 0 Å². The van der Waals surface area contributed by atoms with Crippen LogP contribution in [0.25, 0.3) is 16.9 Å². The average Bonchev–Trinajstić information content (AvgIpc) is 2.80. The maximum atomic E-state index is 12.9. The highest BCUT2D eigenvalue weighted by Crippen LogP contribution is 2.34. The topological polar surface area (TPSA) is 49.6 Å². The summed E-state index contributed by atoms with van der Waals surface area (Å²) in [5.74, 6) is 0. The first-order valence-electron chi connectivity index (χ1n) is 10.9. The predicted octanol–water partition coefficient (Wildman–Crippen LogP) is 4.88. The lowest BCUT2D eigenvalue weighted by Gasteiger charge is -2.29. The summed E-state index contributed by atoms with van der Waals surface area (Å²) in [6.45, 7) is 12.5. The smallest absolute Gasteiger partial charge is 0.258 e. The minimum atomic E-state index is -0.0512. The Morgan fingerprint density at radius 3 is 2.65 bits per heavy atom. The van der Waals surface area contributed by atoms with Crippen molar-refractivity contribution < 1.29 is 0 Å². The van der Waals surface area contributed by atoms with Crippen molar-refractivity contribution in [1.29, 1.82) is 0 Å². The lowest BCUT2D eigenvalue weighted by Crippen LogP contribution is -2.43. The molecule has 0 bridgehead atoms. The van der Waals surface area contributed by atoms with Gasteiger partial charge in [-0.05, 0) is 55.9 Å². The second-order valence-electron chi connectivity index (χ2n) is 8.10. The monoisotopic (exact) mass is 434 g/mol. The number of rotatable bonds is 5. The summed E-state index contributed by atoms with van der Waals surface area (Å²) < 4.78 is 1.65. The second kappa shape index (κ2) is 9.28. The van der Waals surface area contributed by atoms with Crippen LogP contribution in [0.3, 0.4) is 0 Å². The number of aromatic nitrogens is 2. The summed E-state index contributed by atoms with van der Waals surface area (Å²) in [4.78, 5) is 22.6. The summed E-state index contributed by atoms with van der Waals surface area (Å²) in [5, 5.41) is 3.36. The van der Waals surface area contributed by atoms with Crippen LogP contribution in [-0.4, -0.2) is 35.6 Å². The lowest BCUT2D eigenvalue weighted by atomic mass is 10.1. The Morgan fingerprint density at radius 1 is 1.13 bits per heavy atom. The molecule has 2 aromatic heterocycles. The fraction of sp³-hybridized carbons (Fsp3) is 0.360. The number of piperazine rings is 1. The van der Waals surface area contributed by atoms with Gasteiger partial charge < -0.3 is 10.2 Å². The number of aryl methyl sites for hydroxylation is 1. The summed E-state index contributed by atoms with van der Waals surface area (Å²) in [7, 11) is 0. The number of hydrogen-bond acceptors (Lipinski definition) is 5. The van der Waals surface area contributed by atoms with Gasteiger partial charge in [-0.2, -0.15) is 0 Å². The summed E-state index contributed by atoms with van der Waals surface area (Å²) >= 11 is 1.80. The van der Waals surface area contributed by atoms with Gasteiger partial charge in [0, 0.05) is 48.9 Å². The Bertz CT molecular complexity index is 1190. The normalized spacial score (nSPS) is 15.3. The molecule has 31 heavy (non-hydrogen) atoms. The molecule has 5 nitrogen and oxygen atoms in total. The first-order chi connectivity index (χ1) is 15.0. The maximum absolute atomic E-state index is 12.9. The quantitative estimate of drug-likeness (QED) is 0.580. The maximum Gasteiger partial charge on any atom is 0.258 e. The Labute approximate surface area is 188 Å². The molecule has 0 saturated carbocycles. The van der Waals surface area contributed by atoms with Crippen molar-refractivity contribution in [3.8, 4) is 11.3 Å². The molecule has 1 saturated heterocycles. The van der Waals surface area contributed by atoms with E-state index in [2.05, 4.69) is 62.2 Å². The van der Waals surface area contributed by atoms with Crippen LogP contribution in [0.15, 0.2) is 62.8 Å². The Kier molecular flexibility index (Phi) is 6.49. The molecule has 0 unspecified atom stereocenters. The standard InChI is InChI=1S/C25H30N4OS/c1-5-17(2)19(4)31-23-14-20(7-6-18(23)3)22-15-25(30)29-16-21(8-9-24(29)27-22)28-12-10-26-11-13-28/h6-9,14-16,26H,5,10-13H2,1-4H3/b19-17+. The Balaban J connectivity index is 1.70. The van der Waals surface area contributed by atoms with Gasteiger partial charge in [0.05, 0.1) is 11.4 Å². The largest absolute Gasteiger partial charge is 0.368 e. The van der Waals surface area contributed by atoms with Crippen LogP contribution in [0.5, 0.6) is 0 Å². The third-order valence-electron chi connectivity index (χ3n) is 6.00. The molecule has 0 atom stereocenters. The van der Waals surface area contributed by atoms with E-state index in [9.17, 15) is 4.79 Å². The zero-order chi connectivity index (χ0) is 22.0. The second-order valence-corrected chi connectivity index (χ2v) is 9.36. The third-order valence-corrected chi connectivity index (χ3v) is 7.32. The number of nitrogens with zero attached hydrogens (tertiary/aromatic N) is 3. The summed E-state index contributed by atoms with van der Waals surface area (Å²) in [6, 6.07) is 12.0. The van der Waals surface area contributed by atoms with E-state index in [0.29, 0.717) is 5.65 Å². The van der Waals surface area contributed by atoms with Crippen LogP contribution in [0.1, 0.15) is 32.8 Å². The van der Waals surface area contributed by atoms with E-state index >= 15 is 0 Å². The number of nitrogens with one attached hydrogen (secondary N) is 1. The molecule has 3 aromatic rings. The summed E-state index contributed by atoms with van der Waals surface area (Å²) in [6.07, 6.45) is 2.97. The SMILES string of the molecule is CC/C(C)=C(\C)Sc1cc(-c2cc(=O)n3cc(N4CCNCC4)ccc3n2)ccc1C. The van der Waals surface area contributed by atoms with Gasteiger partial charge in [0.1, 0.15) is 5.65 Å². The van der Waals surface area contributed by atoms with E-state index in [1.54, 1.807) is 22.2 Å². The van der Waals surface area contributed by atoms with Crippen molar-refractivity contribution in [2.24, 2.45) is 0 Å². The van der Waals surface area contributed by atoms with Crippen LogP contribution in [0.2, 0.25) is 0 Å². The third kappa shape index (κ3) is 4.70. The van der Waals surface area contributed by atoms with Crippen LogP contribution in [-0.2, 0) is 0 Å². The Morgan fingerprint density at radius 2 is 1.90 bits per heavy atom. The van der Waals surface area contributed by atoms with Gasteiger partial charge >= 0.3 is 0 Å². The van der Waals surface area contributed by atoms with Crippen LogP contribution in [0, 0.1) is 6.92 Å². The van der Waals surface area contributed by atoms with E-state index in [0.717, 1.165) is 49.5 Å². The van der Waals surface area contributed by atoms with E-state index in [-0.39, 0.29) is 5.56 Å². The van der Waals surface area contributed by atoms with Gasteiger partial charge in [0.25, 0.3) is 5.56 Å². The molecule has 1 aliphatic heterocycles. The molecule has 1 N–H and O–H groups in total. The molecule has 3 heterocycles. The highest BCUT2D eigenvalue weighted by Gasteiger charge is 2.13. The van der Waals surface area contributed by atoms with E-state index < -0.39 is 0 Å². The number of pyridine rings is 1. The average molecular weight is 435 g/mol. The molecule has 6 heteroatoms. The van der Waals surface area contributed by atoms with Gasteiger partial charge in [-0.1, -0.05) is 36.4 Å². The molecule has 0 amide bonds. The van der Waals surface area contributed by atoms with Crippen molar-refractivity contribution in [3.05, 3.63) is 69.0 Å². The number of anilines is 1. The van der Waals surface area contributed by atoms with Gasteiger partial charge in [-0.15, -0.1) is 0 Å². The van der Waals surface area contributed by atoms with Crippen molar-refractivity contribution in [3.63, 3.8) is 0 Å². The van der Waals surface area contributed by atoms with Gasteiger partial charge in [-0.25, -0.2) is 4.98 Å². The van der Waals surface area contributed by atoms with E-state index in [1.165, 1.54) is 20.9 Å². The first-order valence-corrected chi connectivity index (χ1v) is 11.7. The van der Waals surface area contributed by atoms with E-state index in [1.807, 2.05) is 12.3 Å². The highest BCUT2D eigenvalue weighted by molar-refractivity contribution is 8.03. The van der Waals surface area contributed by atoms with Crippen molar-refractivity contribution in [2.75, 3.05) is 31.1 Å². The molecular formula is C25H30N4OS. The van der Waals surface area contributed by atoms with Crippen molar-refractivity contribution >= 4 is 23.1 Å². The molecule has 4 rings (SSSR count). The highest BCUT2D eigenvalue weighted by atomic mass is 32.2. The fourth-order valence-corrected chi connectivity index (χ4v) is 4.78. The Hall–Kier alpha value is -2.57. The number of thioether (sulfide) groups is 1. The van der Waals surface area contributed by atoms with Crippen LogP contribution >= 0.6 is 11.8 Å². The molecule has 1 aliphatic rings.